The quantitative estimate of drug-likeness (QED) is 0.672. The predicted octanol–water partition coefficient (Wildman–Crippen LogP) is 5.22. The Morgan fingerprint density at radius 1 is 1.08 bits per heavy atom. The molecule has 3 rings (SSSR count). The van der Waals surface area contributed by atoms with Gasteiger partial charge in [0.25, 0.3) is 0 Å². The fourth-order valence-corrected chi connectivity index (χ4v) is 3.14. The molecule has 1 heterocycles. The van der Waals surface area contributed by atoms with Gasteiger partial charge in [0.05, 0.1) is 16.3 Å². The first-order chi connectivity index (χ1) is 12.3. The second kappa shape index (κ2) is 7.57. The van der Waals surface area contributed by atoms with Crippen molar-refractivity contribution in [3.05, 3.63) is 35.1 Å². The Labute approximate surface area is 154 Å². The van der Waals surface area contributed by atoms with Gasteiger partial charge in [-0.1, -0.05) is 30.9 Å². The first-order valence-electron chi connectivity index (χ1n) is 8.35. The monoisotopic (exact) mass is 385 g/mol. The van der Waals surface area contributed by atoms with E-state index in [1.165, 1.54) is 18.8 Å². The fourth-order valence-electron chi connectivity index (χ4n) is 2.98. The number of anilines is 4. The van der Waals surface area contributed by atoms with Crippen molar-refractivity contribution >= 4 is 34.6 Å². The first-order valence-corrected chi connectivity index (χ1v) is 8.73. The molecule has 1 saturated carbocycles. The molecule has 140 valence electrons. The zero-order valence-electron chi connectivity index (χ0n) is 13.9. The van der Waals surface area contributed by atoms with Crippen LogP contribution in [0.15, 0.2) is 24.5 Å². The third-order valence-electron chi connectivity index (χ3n) is 4.38. The van der Waals surface area contributed by atoms with Gasteiger partial charge in [-0.3, -0.25) is 0 Å². The van der Waals surface area contributed by atoms with Crippen LogP contribution < -0.4 is 16.4 Å². The molecule has 0 bridgehead atoms. The van der Waals surface area contributed by atoms with E-state index in [0.29, 0.717) is 5.82 Å². The number of nitrogens with one attached hydrogen (secondary N) is 2. The van der Waals surface area contributed by atoms with E-state index in [-0.39, 0.29) is 28.3 Å². The van der Waals surface area contributed by atoms with Crippen molar-refractivity contribution in [3.63, 3.8) is 0 Å². The van der Waals surface area contributed by atoms with Crippen LogP contribution in [-0.4, -0.2) is 16.0 Å². The van der Waals surface area contributed by atoms with Crippen LogP contribution >= 0.6 is 11.6 Å². The molecule has 2 aromatic rings. The minimum atomic E-state index is -4.47. The third-order valence-corrected chi connectivity index (χ3v) is 4.71. The highest BCUT2D eigenvalue weighted by atomic mass is 35.5. The summed E-state index contributed by atoms with van der Waals surface area (Å²) in [7, 11) is 0. The summed E-state index contributed by atoms with van der Waals surface area (Å²) in [6.07, 6.45) is 2.42. The van der Waals surface area contributed by atoms with Crippen molar-refractivity contribution in [3.8, 4) is 0 Å². The highest BCUT2D eigenvalue weighted by Gasteiger charge is 2.31. The van der Waals surface area contributed by atoms with Gasteiger partial charge in [0.1, 0.15) is 12.0 Å². The second-order valence-corrected chi connectivity index (χ2v) is 6.69. The number of nitrogen functional groups attached to an aromatic ring is 1. The van der Waals surface area contributed by atoms with Crippen molar-refractivity contribution in [2.45, 2.75) is 44.3 Å². The number of nitrogens with zero attached hydrogens (tertiary/aromatic N) is 2. The van der Waals surface area contributed by atoms with Gasteiger partial charge in [0.2, 0.25) is 0 Å². The Morgan fingerprint density at radius 3 is 2.46 bits per heavy atom. The largest absolute Gasteiger partial charge is 0.416 e. The van der Waals surface area contributed by atoms with Gasteiger partial charge in [-0.15, -0.1) is 0 Å². The van der Waals surface area contributed by atoms with Crippen molar-refractivity contribution in [2.24, 2.45) is 0 Å². The number of nitrogens with two attached hydrogens (primary N) is 1. The number of rotatable bonds is 4. The van der Waals surface area contributed by atoms with Crippen LogP contribution in [0, 0.1) is 0 Å². The van der Waals surface area contributed by atoms with Crippen LogP contribution in [0.2, 0.25) is 5.02 Å². The maximum atomic E-state index is 12.9. The molecule has 0 unspecified atom stereocenters. The zero-order chi connectivity index (χ0) is 18.7. The van der Waals surface area contributed by atoms with Crippen LogP contribution in [0.4, 0.5) is 36.2 Å². The summed E-state index contributed by atoms with van der Waals surface area (Å²) < 4.78 is 38.7. The average Bonchev–Trinajstić information content (AvgIpc) is 2.60. The molecule has 1 fully saturated rings. The van der Waals surface area contributed by atoms with Crippen molar-refractivity contribution in [1.29, 1.82) is 0 Å². The van der Waals surface area contributed by atoms with E-state index in [2.05, 4.69) is 20.6 Å². The fraction of sp³-hybridized carbons (Fsp3) is 0.412. The van der Waals surface area contributed by atoms with E-state index in [0.717, 1.165) is 37.8 Å². The average molecular weight is 386 g/mol. The number of aromatic nitrogens is 2. The number of hydrogen-bond donors (Lipinski definition) is 3. The van der Waals surface area contributed by atoms with E-state index >= 15 is 0 Å². The molecule has 4 N–H and O–H groups in total. The molecule has 0 spiro atoms. The molecule has 9 heteroatoms. The third kappa shape index (κ3) is 4.30. The van der Waals surface area contributed by atoms with Crippen LogP contribution in [0.3, 0.4) is 0 Å². The Balaban J connectivity index is 1.83. The van der Waals surface area contributed by atoms with E-state index in [4.69, 9.17) is 17.3 Å². The lowest BCUT2D eigenvalue weighted by molar-refractivity contribution is -0.137. The predicted molar refractivity (Wildman–Crippen MR) is 96.7 cm³/mol. The summed E-state index contributed by atoms with van der Waals surface area (Å²) >= 11 is 6.01. The minimum absolute atomic E-state index is 0.0792. The van der Waals surface area contributed by atoms with Gasteiger partial charge in [0.15, 0.2) is 11.6 Å². The molecule has 1 aromatic heterocycles. The van der Waals surface area contributed by atoms with Gasteiger partial charge < -0.3 is 16.4 Å². The van der Waals surface area contributed by atoms with Gasteiger partial charge in [-0.05, 0) is 31.0 Å². The maximum Gasteiger partial charge on any atom is 0.416 e. The second-order valence-electron chi connectivity index (χ2n) is 6.28. The lowest BCUT2D eigenvalue weighted by Crippen LogP contribution is -2.23. The molecule has 1 aliphatic rings. The number of benzene rings is 1. The number of halogens is 4. The number of hydrogen-bond acceptors (Lipinski definition) is 5. The number of alkyl halides is 3. The molecule has 5 nitrogen and oxygen atoms in total. The molecular weight excluding hydrogens is 367 g/mol. The molecule has 0 amide bonds. The Hall–Kier alpha value is -2.22. The van der Waals surface area contributed by atoms with Crippen molar-refractivity contribution in [2.75, 3.05) is 16.4 Å². The molecular formula is C17H19ClF3N5. The van der Waals surface area contributed by atoms with Gasteiger partial charge in [0, 0.05) is 6.04 Å². The standard InChI is InChI=1S/C17H19ClF3N5/c18-12-7-6-10(17(19,20)21)8-13(12)26-16-14(22)15(23-9-24-16)25-11-4-2-1-3-5-11/h6-9,11H,1-5,22H2,(H2,23,24,25,26). The summed E-state index contributed by atoms with van der Waals surface area (Å²) in [6, 6.07) is 3.32. The minimum Gasteiger partial charge on any atom is -0.393 e. The Morgan fingerprint density at radius 2 is 1.77 bits per heavy atom. The normalized spacial score (nSPS) is 15.7. The van der Waals surface area contributed by atoms with Crippen LogP contribution in [-0.2, 0) is 6.18 Å². The van der Waals surface area contributed by atoms with E-state index in [9.17, 15) is 13.2 Å². The van der Waals surface area contributed by atoms with E-state index in [1.54, 1.807) is 0 Å². The summed E-state index contributed by atoms with van der Waals surface area (Å²) in [6.45, 7) is 0. The molecule has 0 atom stereocenters. The molecule has 26 heavy (non-hydrogen) atoms. The zero-order valence-corrected chi connectivity index (χ0v) is 14.7. The first kappa shape index (κ1) is 18.6. The smallest absolute Gasteiger partial charge is 0.393 e. The van der Waals surface area contributed by atoms with Gasteiger partial charge >= 0.3 is 6.18 Å². The van der Waals surface area contributed by atoms with Crippen molar-refractivity contribution in [1.82, 2.24) is 9.97 Å². The van der Waals surface area contributed by atoms with Crippen LogP contribution in [0.25, 0.3) is 0 Å². The summed E-state index contributed by atoms with van der Waals surface area (Å²) in [5.41, 5.74) is 5.62. The lowest BCUT2D eigenvalue weighted by Gasteiger charge is -2.24. The molecule has 1 aromatic carbocycles. The summed E-state index contributed by atoms with van der Waals surface area (Å²) in [5.74, 6) is 0.678. The molecule has 0 aliphatic heterocycles. The van der Waals surface area contributed by atoms with Gasteiger partial charge in [-0.2, -0.15) is 13.2 Å². The van der Waals surface area contributed by atoms with Crippen molar-refractivity contribution < 1.29 is 13.2 Å². The van der Waals surface area contributed by atoms with Gasteiger partial charge in [-0.25, -0.2) is 9.97 Å². The molecule has 1 aliphatic carbocycles. The summed E-state index contributed by atoms with van der Waals surface area (Å²) in [5, 5.41) is 6.22. The summed E-state index contributed by atoms with van der Waals surface area (Å²) in [4.78, 5) is 8.19. The highest BCUT2D eigenvalue weighted by molar-refractivity contribution is 6.33. The van der Waals surface area contributed by atoms with E-state index < -0.39 is 11.7 Å². The topological polar surface area (TPSA) is 75.9 Å². The highest BCUT2D eigenvalue weighted by Crippen LogP contribution is 2.36. The Bertz CT molecular complexity index is 775. The molecule has 0 saturated heterocycles. The Kier molecular flexibility index (Phi) is 5.41. The van der Waals surface area contributed by atoms with Crippen LogP contribution in [0.1, 0.15) is 37.7 Å². The maximum absolute atomic E-state index is 12.9. The van der Waals surface area contributed by atoms with E-state index in [1.807, 2.05) is 0 Å². The SMILES string of the molecule is Nc1c(Nc2cc(C(F)(F)F)ccc2Cl)ncnc1NC1CCCCC1. The lowest BCUT2D eigenvalue weighted by atomic mass is 9.95. The van der Waals surface area contributed by atoms with Crippen LogP contribution in [0.5, 0.6) is 0 Å². The molecule has 0 radical (unpaired) electrons.